The van der Waals surface area contributed by atoms with E-state index in [4.69, 9.17) is 0 Å². The van der Waals surface area contributed by atoms with Gasteiger partial charge in [-0.25, -0.2) is 0 Å². The van der Waals surface area contributed by atoms with Gasteiger partial charge in [0.25, 0.3) is 0 Å². The smallest absolute Gasteiger partial charge is 0.0564 e. The molecule has 0 bridgehead atoms. The van der Waals surface area contributed by atoms with Crippen molar-refractivity contribution in [2.24, 2.45) is 0 Å². The molecule has 0 aliphatic carbocycles. The van der Waals surface area contributed by atoms with E-state index < -0.39 is 0 Å². The van der Waals surface area contributed by atoms with E-state index in [1.807, 2.05) is 10.9 Å². The van der Waals surface area contributed by atoms with Crippen molar-refractivity contribution >= 4 is 0 Å². The van der Waals surface area contributed by atoms with Gasteiger partial charge in [0.1, 0.15) is 0 Å². The first-order valence-electron chi connectivity index (χ1n) is 7.41. The first-order chi connectivity index (χ1) is 9.29. The lowest BCUT2D eigenvalue weighted by atomic mass is 10.1. The van der Waals surface area contributed by atoms with Crippen LogP contribution < -0.4 is 5.32 Å². The minimum Gasteiger partial charge on any atom is -0.393 e. The molecule has 1 saturated heterocycles. The standard InChI is InChI=1S/C14H26N4O/c1-2-18-13(4-8-16-18)12-15-7-3-9-17-10-5-14(19)6-11-17/h4,8,14-15,19H,2-3,5-7,9-12H2,1H3. The zero-order valence-electron chi connectivity index (χ0n) is 11.9. The molecule has 0 unspecified atom stereocenters. The van der Waals surface area contributed by atoms with Crippen LogP contribution in [0.2, 0.25) is 0 Å². The Balaban J connectivity index is 1.55. The molecule has 5 nitrogen and oxygen atoms in total. The van der Waals surface area contributed by atoms with Crippen LogP contribution in [0.5, 0.6) is 0 Å². The number of likely N-dealkylation sites (tertiary alicyclic amines) is 1. The highest BCUT2D eigenvalue weighted by molar-refractivity contribution is 4.99. The summed E-state index contributed by atoms with van der Waals surface area (Å²) in [7, 11) is 0. The van der Waals surface area contributed by atoms with Crippen molar-refractivity contribution < 1.29 is 5.11 Å². The summed E-state index contributed by atoms with van der Waals surface area (Å²) in [6.45, 7) is 8.20. The molecule has 108 valence electrons. The van der Waals surface area contributed by atoms with Gasteiger partial charge in [-0.2, -0.15) is 5.10 Å². The molecule has 2 N–H and O–H groups in total. The summed E-state index contributed by atoms with van der Waals surface area (Å²) in [5.41, 5.74) is 1.25. The van der Waals surface area contributed by atoms with Gasteiger partial charge in [0.2, 0.25) is 0 Å². The molecule has 0 aromatic carbocycles. The predicted molar refractivity (Wildman–Crippen MR) is 75.9 cm³/mol. The van der Waals surface area contributed by atoms with Crippen LogP contribution in [0.15, 0.2) is 12.3 Å². The lowest BCUT2D eigenvalue weighted by Gasteiger charge is -2.29. The van der Waals surface area contributed by atoms with Gasteiger partial charge in [-0.3, -0.25) is 4.68 Å². The number of nitrogens with one attached hydrogen (secondary N) is 1. The maximum absolute atomic E-state index is 9.44. The van der Waals surface area contributed by atoms with Crippen molar-refractivity contribution in [2.45, 2.75) is 45.4 Å². The van der Waals surface area contributed by atoms with Crippen LogP contribution in [-0.2, 0) is 13.1 Å². The Morgan fingerprint density at radius 3 is 2.95 bits per heavy atom. The minimum atomic E-state index is -0.0660. The van der Waals surface area contributed by atoms with E-state index in [2.05, 4.69) is 28.3 Å². The van der Waals surface area contributed by atoms with Crippen molar-refractivity contribution in [1.29, 1.82) is 0 Å². The zero-order valence-corrected chi connectivity index (χ0v) is 11.9. The van der Waals surface area contributed by atoms with E-state index in [0.29, 0.717) is 0 Å². The van der Waals surface area contributed by atoms with Gasteiger partial charge in [-0.15, -0.1) is 0 Å². The number of piperidine rings is 1. The summed E-state index contributed by atoms with van der Waals surface area (Å²) in [6, 6.07) is 2.07. The van der Waals surface area contributed by atoms with Crippen molar-refractivity contribution in [2.75, 3.05) is 26.2 Å². The minimum absolute atomic E-state index is 0.0660. The third kappa shape index (κ3) is 4.60. The topological polar surface area (TPSA) is 53.3 Å². The van der Waals surface area contributed by atoms with Crippen LogP contribution >= 0.6 is 0 Å². The number of rotatable bonds is 7. The van der Waals surface area contributed by atoms with E-state index in [-0.39, 0.29) is 6.10 Å². The Morgan fingerprint density at radius 1 is 1.42 bits per heavy atom. The van der Waals surface area contributed by atoms with Crippen molar-refractivity contribution in [3.05, 3.63) is 18.0 Å². The fraction of sp³-hybridized carbons (Fsp3) is 0.786. The quantitative estimate of drug-likeness (QED) is 0.718. The van der Waals surface area contributed by atoms with E-state index in [1.54, 1.807) is 0 Å². The molecule has 1 fully saturated rings. The molecule has 0 saturated carbocycles. The summed E-state index contributed by atoms with van der Waals surface area (Å²) in [5, 5.41) is 17.2. The largest absolute Gasteiger partial charge is 0.393 e. The number of nitrogens with zero attached hydrogens (tertiary/aromatic N) is 3. The van der Waals surface area contributed by atoms with E-state index in [9.17, 15) is 5.11 Å². The molecule has 0 radical (unpaired) electrons. The number of aliphatic hydroxyl groups excluding tert-OH is 1. The highest BCUT2D eigenvalue weighted by Gasteiger charge is 2.15. The van der Waals surface area contributed by atoms with Crippen LogP contribution in [-0.4, -0.2) is 52.1 Å². The number of hydrogen-bond acceptors (Lipinski definition) is 4. The van der Waals surface area contributed by atoms with Crippen molar-refractivity contribution in [3.8, 4) is 0 Å². The molecule has 1 aliphatic rings. The molecular formula is C14H26N4O. The highest BCUT2D eigenvalue weighted by atomic mass is 16.3. The van der Waals surface area contributed by atoms with Crippen LogP contribution in [0.25, 0.3) is 0 Å². The monoisotopic (exact) mass is 266 g/mol. The third-order valence-corrected chi connectivity index (χ3v) is 3.80. The van der Waals surface area contributed by atoms with Crippen LogP contribution in [0.3, 0.4) is 0 Å². The second-order valence-electron chi connectivity index (χ2n) is 5.24. The molecule has 2 rings (SSSR count). The lowest BCUT2D eigenvalue weighted by Crippen LogP contribution is -2.37. The van der Waals surface area contributed by atoms with Crippen molar-refractivity contribution in [3.63, 3.8) is 0 Å². The van der Waals surface area contributed by atoms with E-state index >= 15 is 0 Å². The summed E-state index contributed by atoms with van der Waals surface area (Å²) in [5.74, 6) is 0. The van der Waals surface area contributed by atoms with E-state index in [1.165, 1.54) is 5.69 Å². The lowest BCUT2D eigenvalue weighted by molar-refractivity contribution is 0.0821. The Hall–Kier alpha value is -0.910. The Bertz CT molecular complexity index is 358. The van der Waals surface area contributed by atoms with Crippen LogP contribution in [0.1, 0.15) is 31.9 Å². The fourth-order valence-electron chi connectivity index (χ4n) is 2.58. The molecule has 2 heterocycles. The van der Waals surface area contributed by atoms with Gasteiger partial charge < -0.3 is 15.3 Å². The number of aryl methyl sites for hydroxylation is 1. The van der Waals surface area contributed by atoms with Gasteiger partial charge in [0, 0.05) is 32.4 Å². The average Bonchev–Trinajstić information content (AvgIpc) is 2.88. The summed E-state index contributed by atoms with van der Waals surface area (Å²) in [6.07, 6.45) is 4.82. The summed E-state index contributed by atoms with van der Waals surface area (Å²) in [4.78, 5) is 2.45. The molecule has 1 aliphatic heterocycles. The zero-order chi connectivity index (χ0) is 13.5. The fourth-order valence-corrected chi connectivity index (χ4v) is 2.58. The second kappa shape index (κ2) is 7.62. The number of hydrogen-bond donors (Lipinski definition) is 2. The van der Waals surface area contributed by atoms with Crippen LogP contribution in [0, 0.1) is 0 Å². The SMILES string of the molecule is CCn1nccc1CNCCCN1CCC(O)CC1. The second-order valence-corrected chi connectivity index (χ2v) is 5.24. The first-order valence-corrected chi connectivity index (χ1v) is 7.41. The molecule has 0 spiro atoms. The van der Waals surface area contributed by atoms with Gasteiger partial charge in [0.05, 0.1) is 11.8 Å². The van der Waals surface area contributed by atoms with Gasteiger partial charge in [0.15, 0.2) is 0 Å². The maximum atomic E-state index is 9.44. The molecule has 1 aromatic heterocycles. The summed E-state index contributed by atoms with van der Waals surface area (Å²) < 4.78 is 2.03. The molecular weight excluding hydrogens is 240 g/mol. The Labute approximate surface area is 115 Å². The third-order valence-electron chi connectivity index (χ3n) is 3.80. The molecule has 1 aromatic rings. The number of aliphatic hydroxyl groups is 1. The van der Waals surface area contributed by atoms with Crippen LogP contribution in [0.4, 0.5) is 0 Å². The van der Waals surface area contributed by atoms with Gasteiger partial charge >= 0.3 is 0 Å². The van der Waals surface area contributed by atoms with Crippen molar-refractivity contribution in [1.82, 2.24) is 20.0 Å². The predicted octanol–water partition coefficient (Wildman–Crippen LogP) is 0.839. The maximum Gasteiger partial charge on any atom is 0.0564 e. The molecule has 0 atom stereocenters. The normalized spacial score (nSPS) is 18.0. The highest BCUT2D eigenvalue weighted by Crippen LogP contribution is 2.09. The van der Waals surface area contributed by atoms with Gasteiger partial charge in [-0.1, -0.05) is 0 Å². The summed E-state index contributed by atoms with van der Waals surface area (Å²) >= 11 is 0. The number of aromatic nitrogens is 2. The molecule has 0 amide bonds. The molecule has 5 heteroatoms. The van der Waals surface area contributed by atoms with E-state index in [0.717, 1.165) is 58.5 Å². The average molecular weight is 266 g/mol. The Kier molecular flexibility index (Phi) is 5.82. The first kappa shape index (κ1) is 14.5. The Morgan fingerprint density at radius 2 is 2.21 bits per heavy atom. The van der Waals surface area contributed by atoms with Gasteiger partial charge in [-0.05, 0) is 45.3 Å². The molecule has 19 heavy (non-hydrogen) atoms.